The predicted molar refractivity (Wildman–Crippen MR) is 121 cm³/mol. The van der Waals surface area contributed by atoms with Crippen molar-refractivity contribution < 1.29 is 19.2 Å². The molecule has 1 aromatic heterocycles. The van der Waals surface area contributed by atoms with E-state index in [1.54, 1.807) is 6.07 Å². The molecule has 1 amide bonds. The molecule has 3 rings (SSSR count). The summed E-state index contributed by atoms with van der Waals surface area (Å²) in [6, 6.07) is 5.60. The molecular formula is C21H22Cl2N4O5. The number of hydrogen-bond donors (Lipinski definition) is 1. The topological polar surface area (TPSA) is 115 Å². The lowest BCUT2D eigenvalue weighted by molar-refractivity contribution is -0.384. The van der Waals surface area contributed by atoms with Crippen LogP contribution in [-0.4, -0.2) is 41.0 Å². The van der Waals surface area contributed by atoms with Crippen molar-refractivity contribution in [2.45, 2.75) is 32.8 Å². The molecule has 2 heterocycles. The summed E-state index contributed by atoms with van der Waals surface area (Å²) in [5.74, 6) is -0.877. The van der Waals surface area contributed by atoms with Crippen LogP contribution in [0.1, 0.15) is 37.0 Å². The third-order valence-corrected chi connectivity index (χ3v) is 5.73. The van der Waals surface area contributed by atoms with E-state index in [1.807, 2.05) is 4.90 Å². The first-order valence-electron chi connectivity index (χ1n) is 10.0. The van der Waals surface area contributed by atoms with Crippen molar-refractivity contribution in [3.63, 3.8) is 0 Å². The summed E-state index contributed by atoms with van der Waals surface area (Å²) in [5.41, 5.74) is 0.268. The number of nitro benzene ring substituents is 1. The molecular weight excluding hydrogens is 459 g/mol. The summed E-state index contributed by atoms with van der Waals surface area (Å²) in [4.78, 5) is 41.8. The first kappa shape index (κ1) is 23.7. The molecule has 1 fully saturated rings. The summed E-state index contributed by atoms with van der Waals surface area (Å²) in [5, 5.41) is 14.5. The van der Waals surface area contributed by atoms with E-state index >= 15 is 0 Å². The van der Waals surface area contributed by atoms with Gasteiger partial charge in [0.25, 0.3) is 11.6 Å². The van der Waals surface area contributed by atoms with Crippen molar-refractivity contribution in [1.82, 2.24) is 4.98 Å². The number of rotatable bonds is 6. The van der Waals surface area contributed by atoms with Gasteiger partial charge in [-0.15, -0.1) is 0 Å². The fourth-order valence-corrected chi connectivity index (χ4v) is 3.75. The second-order valence-electron chi connectivity index (χ2n) is 7.65. The molecule has 0 spiro atoms. The lowest BCUT2D eigenvalue weighted by Gasteiger charge is -2.31. The van der Waals surface area contributed by atoms with Crippen molar-refractivity contribution in [2.24, 2.45) is 5.92 Å². The van der Waals surface area contributed by atoms with Gasteiger partial charge in [0.1, 0.15) is 5.69 Å². The number of carbonyl (C=O) groups is 2. The number of pyridine rings is 1. The van der Waals surface area contributed by atoms with E-state index in [0.29, 0.717) is 29.7 Å². The summed E-state index contributed by atoms with van der Waals surface area (Å²) >= 11 is 11.8. The van der Waals surface area contributed by atoms with Gasteiger partial charge in [0.2, 0.25) is 0 Å². The number of nitrogens with zero attached hydrogens (tertiary/aromatic N) is 3. The second kappa shape index (κ2) is 10.1. The Morgan fingerprint density at radius 3 is 2.59 bits per heavy atom. The first-order valence-corrected chi connectivity index (χ1v) is 10.8. The Morgan fingerprint density at radius 2 is 1.97 bits per heavy atom. The standard InChI is InChI=1S/C21H22Cl2N4O5/c1-12-5-7-26(8-6-12)17-4-3-14(9-18(17)27(30)31)21(29)32-13(2)20(28)25-19-16(23)10-15(22)11-24-19/h3-4,9-13H,5-8H2,1-2H3,(H,24,25,28). The maximum atomic E-state index is 12.5. The van der Waals surface area contributed by atoms with Crippen LogP contribution in [0.25, 0.3) is 0 Å². The van der Waals surface area contributed by atoms with Crippen LogP contribution in [-0.2, 0) is 9.53 Å². The van der Waals surface area contributed by atoms with Crippen LogP contribution in [0.15, 0.2) is 30.5 Å². The molecule has 1 aliphatic rings. The molecule has 9 nitrogen and oxygen atoms in total. The first-order chi connectivity index (χ1) is 15.2. The number of nitrogens with one attached hydrogen (secondary N) is 1. The highest BCUT2D eigenvalue weighted by Crippen LogP contribution is 2.32. The molecule has 1 aliphatic heterocycles. The Hall–Kier alpha value is -2.91. The summed E-state index contributed by atoms with van der Waals surface area (Å²) in [6.07, 6.45) is 2.00. The smallest absolute Gasteiger partial charge is 0.339 e. The third-order valence-electron chi connectivity index (χ3n) is 5.23. The third kappa shape index (κ3) is 5.66. The number of hydrogen-bond acceptors (Lipinski definition) is 7. The average Bonchev–Trinajstić information content (AvgIpc) is 2.75. The monoisotopic (exact) mass is 480 g/mol. The van der Waals surface area contributed by atoms with Crippen LogP contribution < -0.4 is 10.2 Å². The Balaban J connectivity index is 1.70. The van der Waals surface area contributed by atoms with Crippen molar-refractivity contribution in [2.75, 3.05) is 23.3 Å². The zero-order valence-electron chi connectivity index (χ0n) is 17.5. The number of anilines is 2. The number of carbonyl (C=O) groups excluding carboxylic acids is 2. The van der Waals surface area contributed by atoms with Gasteiger partial charge in [-0.3, -0.25) is 14.9 Å². The molecule has 11 heteroatoms. The normalized spacial score (nSPS) is 15.2. The van der Waals surface area contributed by atoms with Crippen molar-refractivity contribution in [1.29, 1.82) is 0 Å². The fraction of sp³-hybridized carbons (Fsp3) is 0.381. The SMILES string of the molecule is CC1CCN(c2ccc(C(=O)OC(C)C(=O)Nc3ncc(Cl)cc3Cl)cc2[N+](=O)[O-])CC1. The van der Waals surface area contributed by atoms with Crippen LogP contribution in [0.5, 0.6) is 0 Å². The average molecular weight is 481 g/mol. The number of benzene rings is 1. The van der Waals surface area contributed by atoms with Gasteiger partial charge in [-0.1, -0.05) is 30.1 Å². The molecule has 0 aliphatic carbocycles. The van der Waals surface area contributed by atoms with E-state index in [0.717, 1.165) is 12.8 Å². The number of aromatic nitrogens is 1. The van der Waals surface area contributed by atoms with Gasteiger partial charge in [-0.2, -0.15) is 0 Å². The molecule has 2 aromatic rings. The van der Waals surface area contributed by atoms with Gasteiger partial charge >= 0.3 is 5.97 Å². The highest BCUT2D eigenvalue weighted by molar-refractivity contribution is 6.36. The molecule has 170 valence electrons. The predicted octanol–water partition coefficient (Wildman–Crippen LogP) is 4.72. The minimum Gasteiger partial charge on any atom is -0.449 e. The molecule has 1 unspecified atom stereocenters. The Morgan fingerprint density at radius 1 is 1.28 bits per heavy atom. The maximum Gasteiger partial charge on any atom is 0.339 e. The molecule has 1 saturated heterocycles. The Bertz CT molecular complexity index is 1040. The number of amides is 1. The molecule has 0 saturated carbocycles. The van der Waals surface area contributed by atoms with E-state index in [2.05, 4.69) is 17.2 Å². The number of halogens is 2. The van der Waals surface area contributed by atoms with E-state index in [-0.39, 0.29) is 22.1 Å². The van der Waals surface area contributed by atoms with Crippen molar-refractivity contribution in [3.05, 3.63) is 56.2 Å². The Kier molecular flexibility index (Phi) is 7.52. The highest BCUT2D eigenvalue weighted by atomic mass is 35.5. The minimum absolute atomic E-state index is 0.0203. The lowest BCUT2D eigenvalue weighted by Crippen LogP contribution is -2.33. The second-order valence-corrected chi connectivity index (χ2v) is 8.49. The zero-order chi connectivity index (χ0) is 23.4. The zero-order valence-corrected chi connectivity index (χ0v) is 19.0. The summed E-state index contributed by atoms with van der Waals surface area (Å²) < 4.78 is 5.18. The number of piperidine rings is 1. The van der Waals surface area contributed by atoms with Gasteiger partial charge < -0.3 is 15.0 Å². The van der Waals surface area contributed by atoms with Crippen molar-refractivity contribution in [3.8, 4) is 0 Å². The summed E-state index contributed by atoms with van der Waals surface area (Å²) in [7, 11) is 0. The number of nitro groups is 1. The van der Waals surface area contributed by atoms with Crippen LogP contribution in [0.4, 0.5) is 17.2 Å². The molecule has 1 aromatic carbocycles. The van der Waals surface area contributed by atoms with E-state index in [1.165, 1.54) is 31.3 Å². The van der Waals surface area contributed by atoms with Gasteiger partial charge in [0, 0.05) is 25.4 Å². The number of esters is 1. The van der Waals surface area contributed by atoms with Crippen LogP contribution in [0.3, 0.4) is 0 Å². The van der Waals surface area contributed by atoms with Gasteiger partial charge in [0.05, 0.1) is 20.5 Å². The van der Waals surface area contributed by atoms with Gasteiger partial charge in [-0.05, 0) is 43.9 Å². The summed E-state index contributed by atoms with van der Waals surface area (Å²) in [6.45, 7) is 4.95. The van der Waals surface area contributed by atoms with Gasteiger partial charge in [-0.25, -0.2) is 9.78 Å². The van der Waals surface area contributed by atoms with Crippen LogP contribution in [0.2, 0.25) is 10.0 Å². The highest BCUT2D eigenvalue weighted by Gasteiger charge is 2.26. The van der Waals surface area contributed by atoms with Crippen molar-refractivity contribution >= 4 is 52.3 Å². The van der Waals surface area contributed by atoms with Crippen LogP contribution in [0, 0.1) is 16.0 Å². The lowest BCUT2D eigenvalue weighted by atomic mass is 9.98. The molecule has 32 heavy (non-hydrogen) atoms. The van der Waals surface area contributed by atoms with E-state index < -0.39 is 22.9 Å². The molecule has 0 radical (unpaired) electrons. The van der Waals surface area contributed by atoms with Gasteiger partial charge in [0.15, 0.2) is 11.9 Å². The minimum atomic E-state index is -1.20. The van der Waals surface area contributed by atoms with E-state index in [9.17, 15) is 19.7 Å². The molecule has 1 N–H and O–H groups in total. The largest absolute Gasteiger partial charge is 0.449 e. The quantitative estimate of drug-likeness (QED) is 0.361. The van der Waals surface area contributed by atoms with E-state index in [4.69, 9.17) is 27.9 Å². The molecule has 1 atom stereocenters. The Labute approximate surface area is 194 Å². The van der Waals surface area contributed by atoms with Crippen LogP contribution >= 0.6 is 23.2 Å². The number of ether oxygens (including phenoxy) is 1. The molecule has 0 bridgehead atoms. The maximum absolute atomic E-state index is 12.5. The fourth-order valence-electron chi connectivity index (χ4n) is 3.32.